The number of aliphatic hydroxyl groups excluding tert-OH is 1. The van der Waals surface area contributed by atoms with Gasteiger partial charge in [-0.25, -0.2) is 0 Å². The second-order valence-corrected chi connectivity index (χ2v) is 5.43. The molecule has 0 aromatic heterocycles. The van der Waals surface area contributed by atoms with Gasteiger partial charge in [0, 0.05) is 0 Å². The topological polar surface area (TPSA) is 20.2 Å². The molecule has 19 heavy (non-hydrogen) atoms. The highest BCUT2D eigenvalue weighted by Crippen LogP contribution is 2.09. The molecule has 1 unspecified atom stereocenters. The summed E-state index contributed by atoms with van der Waals surface area (Å²) < 4.78 is 0. The van der Waals surface area contributed by atoms with Gasteiger partial charge in [0.05, 0.1) is 6.10 Å². The lowest BCUT2D eigenvalue weighted by molar-refractivity contribution is 0.208. The van der Waals surface area contributed by atoms with Crippen LogP contribution in [-0.4, -0.2) is 11.2 Å². The van der Waals surface area contributed by atoms with Crippen LogP contribution in [0.25, 0.3) is 0 Å². The molecule has 0 aliphatic rings. The second-order valence-electron chi connectivity index (χ2n) is 5.43. The van der Waals surface area contributed by atoms with Crippen molar-refractivity contribution in [2.45, 2.75) is 90.6 Å². The van der Waals surface area contributed by atoms with E-state index in [0.717, 1.165) is 19.3 Å². The van der Waals surface area contributed by atoms with Crippen molar-refractivity contribution in [3.05, 3.63) is 24.3 Å². The second kappa shape index (κ2) is 15.5. The molecule has 0 aliphatic heterocycles. The monoisotopic (exact) mass is 266 g/mol. The van der Waals surface area contributed by atoms with E-state index in [1.165, 1.54) is 51.4 Å². The summed E-state index contributed by atoms with van der Waals surface area (Å²) in [4.78, 5) is 0. The van der Waals surface area contributed by atoms with Gasteiger partial charge < -0.3 is 5.11 Å². The highest BCUT2D eigenvalue weighted by atomic mass is 16.3. The van der Waals surface area contributed by atoms with Crippen molar-refractivity contribution in [2.75, 3.05) is 0 Å². The quantitative estimate of drug-likeness (QED) is 0.330. The molecule has 0 aromatic rings. The van der Waals surface area contributed by atoms with E-state index < -0.39 is 0 Å². The molecule has 0 saturated heterocycles. The molecule has 1 heteroatoms. The zero-order chi connectivity index (χ0) is 14.2. The first-order valence-electron chi connectivity index (χ1n) is 8.32. The first-order chi connectivity index (χ1) is 9.31. The van der Waals surface area contributed by atoms with Crippen molar-refractivity contribution in [3.63, 3.8) is 0 Å². The van der Waals surface area contributed by atoms with Crippen LogP contribution in [0.4, 0.5) is 0 Å². The van der Waals surface area contributed by atoms with E-state index in [0.29, 0.717) is 0 Å². The number of allylic oxidation sites excluding steroid dienone is 3. The summed E-state index contributed by atoms with van der Waals surface area (Å²) in [7, 11) is 0. The van der Waals surface area contributed by atoms with Crippen LogP contribution < -0.4 is 0 Å². The van der Waals surface area contributed by atoms with Gasteiger partial charge in [0.25, 0.3) is 0 Å². The van der Waals surface area contributed by atoms with E-state index >= 15 is 0 Å². The lowest BCUT2D eigenvalue weighted by Crippen LogP contribution is -2.01. The summed E-state index contributed by atoms with van der Waals surface area (Å²) in [6.45, 7) is 4.46. The minimum atomic E-state index is -0.258. The summed E-state index contributed by atoms with van der Waals surface area (Å²) in [6.07, 6.45) is 21.6. The normalized spacial score (nSPS) is 13.6. The largest absolute Gasteiger partial charge is 0.389 e. The molecule has 0 spiro atoms. The smallest absolute Gasteiger partial charge is 0.0723 e. The highest BCUT2D eigenvalue weighted by molar-refractivity contribution is 5.04. The maximum atomic E-state index is 9.77. The Bertz CT molecular complexity index is 218. The third-order valence-corrected chi connectivity index (χ3v) is 3.41. The zero-order valence-corrected chi connectivity index (χ0v) is 13.1. The Morgan fingerprint density at radius 3 is 2.16 bits per heavy atom. The molecule has 0 bridgehead atoms. The average Bonchev–Trinajstić information content (AvgIpc) is 2.41. The van der Waals surface area contributed by atoms with Gasteiger partial charge >= 0.3 is 0 Å². The Morgan fingerprint density at radius 2 is 1.42 bits per heavy atom. The Balaban J connectivity index is 3.38. The first kappa shape index (κ1) is 18.4. The van der Waals surface area contributed by atoms with Gasteiger partial charge in [-0.15, -0.1) is 0 Å². The molecule has 112 valence electrons. The molecule has 1 nitrogen and oxygen atoms in total. The van der Waals surface area contributed by atoms with E-state index in [-0.39, 0.29) is 6.10 Å². The SMILES string of the molecule is CCCCCC=CC=CC(O)CCCCCCCC. The van der Waals surface area contributed by atoms with E-state index in [9.17, 15) is 5.11 Å². The lowest BCUT2D eigenvalue weighted by Gasteiger charge is -2.04. The van der Waals surface area contributed by atoms with Gasteiger partial charge in [0.1, 0.15) is 0 Å². The van der Waals surface area contributed by atoms with E-state index in [1.54, 1.807) is 0 Å². The molecule has 0 aromatic carbocycles. The molecule has 0 heterocycles. The molecule has 0 rings (SSSR count). The van der Waals surface area contributed by atoms with Gasteiger partial charge in [0.15, 0.2) is 0 Å². The maximum absolute atomic E-state index is 9.77. The van der Waals surface area contributed by atoms with Crippen molar-refractivity contribution in [1.29, 1.82) is 0 Å². The van der Waals surface area contributed by atoms with Crippen LogP contribution >= 0.6 is 0 Å². The van der Waals surface area contributed by atoms with Crippen molar-refractivity contribution in [2.24, 2.45) is 0 Å². The number of aliphatic hydroxyl groups is 1. The maximum Gasteiger partial charge on any atom is 0.0723 e. The van der Waals surface area contributed by atoms with Gasteiger partial charge in [-0.05, 0) is 19.3 Å². The predicted molar refractivity (Wildman–Crippen MR) is 86.4 cm³/mol. The number of hydrogen-bond acceptors (Lipinski definition) is 1. The fraction of sp³-hybridized carbons (Fsp3) is 0.778. The Morgan fingerprint density at radius 1 is 0.789 bits per heavy atom. The molecule has 1 atom stereocenters. The Kier molecular flexibility index (Phi) is 15.0. The molecule has 1 N–H and O–H groups in total. The van der Waals surface area contributed by atoms with Crippen molar-refractivity contribution < 1.29 is 5.11 Å². The molecular weight excluding hydrogens is 232 g/mol. The van der Waals surface area contributed by atoms with E-state index in [1.807, 2.05) is 12.2 Å². The molecule has 0 radical (unpaired) electrons. The van der Waals surface area contributed by atoms with Crippen molar-refractivity contribution in [3.8, 4) is 0 Å². The van der Waals surface area contributed by atoms with Crippen molar-refractivity contribution in [1.82, 2.24) is 0 Å². The standard InChI is InChI=1S/C18H34O/c1-3-5-7-9-11-13-15-17-18(19)16-14-12-10-8-6-4-2/h11,13,15,17-19H,3-10,12,14,16H2,1-2H3. The van der Waals surface area contributed by atoms with Crippen LogP contribution in [-0.2, 0) is 0 Å². The molecule has 0 fully saturated rings. The van der Waals surface area contributed by atoms with E-state index in [4.69, 9.17) is 0 Å². The molecule has 0 amide bonds. The minimum Gasteiger partial charge on any atom is -0.389 e. The highest BCUT2D eigenvalue weighted by Gasteiger charge is 1.97. The van der Waals surface area contributed by atoms with Crippen molar-refractivity contribution >= 4 is 0 Å². The van der Waals surface area contributed by atoms with Gasteiger partial charge in [0.2, 0.25) is 0 Å². The summed E-state index contributed by atoms with van der Waals surface area (Å²) in [5.41, 5.74) is 0. The van der Waals surface area contributed by atoms with Crippen LogP contribution in [0.5, 0.6) is 0 Å². The lowest BCUT2D eigenvalue weighted by atomic mass is 10.1. The third kappa shape index (κ3) is 15.4. The fourth-order valence-corrected chi connectivity index (χ4v) is 2.11. The minimum absolute atomic E-state index is 0.258. The fourth-order valence-electron chi connectivity index (χ4n) is 2.11. The van der Waals surface area contributed by atoms with Gasteiger partial charge in [-0.3, -0.25) is 0 Å². The third-order valence-electron chi connectivity index (χ3n) is 3.41. The molecule has 0 aliphatic carbocycles. The average molecular weight is 266 g/mol. The Labute approximate surface area is 120 Å². The number of rotatable bonds is 13. The van der Waals surface area contributed by atoms with Crippen LogP contribution in [0.15, 0.2) is 24.3 Å². The van der Waals surface area contributed by atoms with Crippen LogP contribution in [0.2, 0.25) is 0 Å². The number of unbranched alkanes of at least 4 members (excludes halogenated alkanes) is 8. The van der Waals surface area contributed by atoms with E-state index in [2.05, 4.69) is 26.0 Å². The van der Waals surface area contributed by atoms with Crippen LogP contribution in [0.1, 0.15) is 84.5 Å². The summed E-state index contributed by atoms with van der Waals surface area (Å²) in [5.74, 6) is 0. The first-order valence-corrected chi connectivity index (χ1v) is 8.32. The van der Waals surface area contributed by atoms with Crippen LogP contribution in [0.3, 0.4) is 0 Å². The number of hydrogen-bond donors (Lipinski definition) is 1. The van der Waals surface area contributed by atoms with Gasteiger partial charge in [-0.1, -0.05) is 89.5 Å². The molecule has 0 saturated carbocycles. The Hall–Kier alpha value is -0.560. The summed E-state index contributed by atoms with van der Waals surface area (Å²) >= 11 is 0. The summed E-state index contributed by atoms with van der Waals surface area (Å²) in [6, 6.07) is 0. The van der Waals surface area contributed by atoms with Crippen LogP contribution in [0, 0.1) is 0 Å². The molecular formula is C18H34O. The predicted octanol–water partition coefficient (Wildman–Crippen LogP) is 5.79. The summed E-state index contributed by atoms with van der Waals surface area (Å²) in [5, 5.41) is 9.77. The van der Waals surface area contributed by atoms with Gasteiger partial charge in [-0.2, -0.15) is 0 Å². The zero-order valence-electron chi connectivity index (χ0n) is 13.1.